The smallest absolute Gasteiger partial charge is 0.242 e. The molecule has 0 N–H and O–H groups in total. The molecule has 7 heteroatoms. The molecule has 486 valence electrons. The van der Waals surface area contributed by atoms with Gasteiger partial charge in [-0.05, 0) is 108 Å². The Kier molecular flexibility index (Phi) is 14.9. The second-order valence-electron chi connectivity index (χ2n) is 28.7. The molecule has 103 heavy (non-hydrogen) atoms. The third-order valence-corrected chi connectivity index (χ3v) is 22.2. The van der Waals surface area contributed by atoms with E-state index in [4.69, 9.17) is 0 Å². The summed E-state index contributed by atoms with van der Waals surface area (Å²) in [6, 6.07) is 126. The van der Waals surface area contributed by atoms with Gasteiger partial charge >= 0.3 is 0 Å². The van der Waals surface area contributed by atoms with E-state index in [1.54, 1.807) is 0 Å². The first-order chi connectivity index (χ1) is 50.6. The van der Waals surface area contributed by atoms with Crippen LogP contribution in [0.1, 0.15) is 33.4 Å². The zero-order chi connectivity index (χ0) is 69.1. The molecule has 0 radical (unpaired) electrons. The maximum atomic E-state index is 2.64. The second kappa shape index (κ2) is 24.8. The minimum Gasteiger partial charge on any atom is -0.307 e. The summed E-state index contributed by atoms with van der Waals surface area (Å²) in [5, 5.41) is 9.60. The Labute approximate surface area is 602 Å². The highest BCUT2D eigenvalue weighted by atomic mass is 15.1. The molecule has 4 nitrogen and oxygen atoms in total. The SMILES string of the molecule is Cc1cc(C)c(B(c2cc(-n3c4ccccc4c4ccc5c6cc(B(c7ccccc7)c7ccccc7)ccc6n(-c6ccccc6)c5c43)cc(-n3c4ccccc4c4ccc5c6cc(B(c7ccccc7)c7ccccc7)ccc6n(-c6ccccc6)c5c43)c2)c2c(C)cc(C)cc2C)c(C)c1. The molecule has 0 saturated carbocycles. The average molecular weight is 1320 g/mol. The number of fused-ring (bicyclic) bond motifs is 14. The zero-order valence-electron chi connectivity index (χ0n) is 58.8. The van der Waals surface area contributed by atoms with Crippen molar-refractivity contribution in [2.45, 2.75) is 41.5 Å². The Balaban J connectivity index is 0.963. The summed E-state index contributed by atoms with van der Waals surface area (Å²) in [5.41, 5.74) is 32.7. The number of nitrogens with zero attached hydrogens (tertiary/aromatic N) is 4. The summed E-state index contributed by atoms with van der Waals surface area (Å²) in [6.45, 7) is 13.7. The molecule has 0 aliphatic rings. The molecule has 0 fully saturated rings. The Morgan fingerprint density at radius 1 is 0.184 bits per heavy atom. The fourth-order valence-corrected chi connectivity index (χ4v) is 18.3. The fraction of sp³-hybridized carbons (Fsp3) is 0.0625. The van der Waals surface area contributed by atoms with E-state index in [1.165, 1.54) is 126 Å². The van der Waals surface area contributed by atoms with Crippen molar-refractivity contribution in [1.29, 1.82) is 0 Å². The maximum absolute atomic E-state index is 2.64. The molecular weight excluding hydrogens is 1240 g/mol. The molecule has 0 unspecified atom stereocenters. The van der Waals surface area contributed by atoms with Crippen molar-refractivity contribution < 1.29 is 0 Å². The largest absolute Gasteiger partial charge is 0.307 e. The lowest BCUT2D eigenvalue weighted by atomic mass is 9.34. The summed E-state index contributed by atoms with van der Waals surface area (Å²) in [7, 11) is 0. The van der Waals surface area contributed by atoms with Gasteiger partial charge in [-0.25, -0.2) is 0 Å². The van der Waals surface area contributed by atoms with Gasteiger partial charge in [0.25, 0.3) is 0 Å². The maximum Gasteiger partial charge on any atom is 0.242 e. The predicted molar refractivity (Wildman–Crippen MR) is 445 cm³/mol. The Morgan fingerprint density at radius 2 is 0.466 bits per heavy atom. The lowest BCUT2D eigenvalue weighted by molar-refractivity contribution is 1.12. The molecule has 19 aromatic rings. The van der Waals surface area contributed by atoms with Crippen molar-refractivity contribution in [1.82, 2.24) is 18.3 Å². The molecule has 0 amide bonds. The molecule has 0 atom stereocenters. The van der Waals surface area contributed by atoms with E-state index in [1.807, 2.05) is 0 Å². The van der Waals surface area contributed by atoms with Crippen molar-refractivity contribution in [2.24, 2.45) is 0 Å². The molecule has 19 rings (SSSR count). The van der Waals surface area contributed by atoms with Crippen molar-refractivity contribution in [3.05, 3.63) is 367 Å². The zero-order valence-corrected chi connectivity index (χ0v) is 58.8. The monoisotopic (exact) mass is 1310 g/mol. The molecule has 4 aromatic heterocycles. The van der Waals surface area contributed by atoms with Crippen LogP contribution in [0.15, 0.2) is 334 Å². The summed E-state index contributed by atoms with van der Waals surface area (Å²) in [4.78, 5) is 0. The van der Waals surface area contributed by atoms with Crippen LogP contribution in [0.4, 0.5) is 0 Å². The summed E-state index contributed by atoms with van der Waals surface area (Å²) in [6.07, 6.45) is 0. The lowest BCUT2D eigenvalue weighted by Crippen LogP contribution is -2.56. The first-order valence-electron chi connectivity index (χ1n) is 36.2. The summed E-state index contributed by atoms with van der Waals surface area (Å²) >= 11 is 0. The van der Waals surface area contributed by atoms with Crippen LogP contribution in [0.3, 0.4) is 0 Å². The normalized spacial score (nSPS) is 11.8. The first-order valence-corrected chi connectivity index (χ1v) is 36.2. The summed E-state index contributed by atoms with van der Waals surface area (Å²) in [5.74, 6) is 0. The topological polar surface area (TPSA) is 19.7 Å². The van der Waals surface area contributed by atoms with Crippen LogP contribution >= 0.6 is 0 Å². The van der Waals surface area contributed by atoms with Crippen LogP contribution in [0.2, 0.25) is 0 Å². The van der Waals surface area contributed by atoms with Gasteiger partial charge in [0.05, 0.1) is 44.1 Å². The number of benzene rings is 15. The summed E-state index contributed by atoms with van der Waals surface area (Å²) < 4.78 is 10.4. The standard InChI is InChI=1S/C96H73B3N4/c1-62-53-64(3)91(65(4)54-62)99(92-66(5)55-63(2)56-67(92)6)74-57-77(102-87-43-27-25-41-79(87)81-47-49-83-85-59-72(97(68-29-13-7-14-30-68)69-31-15-8-16-32-69)45-51-89(85)100(95(83)93(81)102)75-37-21-11-22-38-75)61-78(58-74)103-88-44-28-26-42-80(88)82-48-50-84-86-60-73(98(70-33-17-9-18-34-70)71-35-19-10-20-36-71)46-52-90(86)101(96(84)94(82)103)76-39-23-12-24-40-76/h7-61H,1-6H3. The molecule has 4 heterocycles. The lowest BCUT2D eigenvalue weighted by Gasteiger charge is -2.26. The van der Waals surface area contributed by atoms with E-state index in [9.17, 15) is 0 Å². The van der Waals surface area contributed by atoms with E-state index in [0.717, 1.165) is 66.9 Å². The van der Waals surface area contributed by atoms with Crippen LogP contribution in [0.5, 0.6) is 0 Å². The third kappa shape index (κ3) is 10.1. The fourth-order valence-electron chi connectivity index (χ4n) is 18.3. The van der Waals surface area contributed by atoms with Gasteiger partial charge in [-0.2, -0.15) is 0 Å². The molecule has 0 spiro atoms. The van der Waals surface area contributed by atoms with Crippen LogP contribution in [-0.4, -0.2) is 38.4 Å². The Bertz CT molecular complexity index is 6030. The van der Waals surface area contributed by atoms with Crippen LogP contribution in [0, 0.1) is 41.5 Å². The highest BCUT2D eigenvalue weighted by Gasteiger charge is 2.33. The number of hydrogen-bond acceptors (Lipinski definition) is 0. The number of aromatic nitrogens is 4. The second-order valence-corrected chi connectivity index (χ2v) is 28.7. The average Bonchev–Trinajstić information content (AvgIpc) is 1.52. The third-order valence-electron chi connectivity index (χ3n) is 22.2. The van der Waals surface area contributed by atoms with Gasteiger partial charge < -0.3 is 18.3 Å². The van der Waals surface area contributed by atoms with Crippen LogP contribution in [0.25, 0.3) is 110 Å². The molecule has 15 aromatic carbocycles. The van der Waals surface area contributed by atoms with Crippen LogP contribution in [-0.2, 0) is 0 Å². The van der Waals surface area contributed by atoms with E-state index in [-0.39, 0.29) is 20.1 Å². The molecule has 0 aliphatic carbocycles. The molecule has 0 aliphatic heterocycles. The molecular formula is C96H73B3N4. The highest BCUT2D eigenvalue weighted by Crippen LogP contribution is 2.45. The van der Waals surface area contributed by atoms with Gasteiger partial charge in [0, 0.05) is 65.8 Å². The van der Waals surface area contributed by atoms with Gasteiger partial charge in [0.1, 0.15) is 0 Å². The minimum atomic E-state index is -0.158. The van der Waals surface area contributed by atoms with E-state index in [2.05, 4.69) is 393 Å². The number of hydrogen-bond donors (Lipinski definition) is 0. The minimum absolute atomic E-state index is 0.0212. The van der Waals surface area contributed by atoms with Crippen LogP contribution < -0.4 is 49.2 Å². The number of rotatable bonds is 13. The number of aryl methyl sites for hydroxylation is 6. The predicted octanol–water partition coefficient (Wildman–Crippen LogP) is 17.5. The van der Waals surface area contributed by atoms with Gasteiger partial charge in [-0.15, -0.1) is 0 Å². The van der Waals surface area contributed by atoms with Gasteiger partial charge in [0.15, 0.2) is 0 Å². The van der Waals surface area contributed by atoms with Gasteiger partial charge in [-0.3, -0.25) is 0 Å². The van der Waals surface area contributed by atoms with E-state index < -0.39 is 0 Å². The molecule has 0 saturated heterocycles. The quantitative estimate of drug-likeness (QED) is 0.103. The van der Waals surface area contributed by atoms with Crippen molar-refractivity contribution in [3.63, 3.8) is 0 Å². The van der Waals surface area contributed by atoms with Gasteiger partial charge in [-0.1, -0.05) is 349 Å². The van der Waals surface area contributed by atoms with Crippen molar-refractivity contribution >= 4 is 157 Å². The number of para-hydroxylation sites is 4. The highest BCUT2D eigenvalue weighted by molar-refractivity contribution is 6.97. The first kappa shape index (κ1) is 61.8. The van der Waals surface area contributed by atoms with Crippen molar-refractivity contribution in [3.8, 4) is 22.7 Å². The Hall–Kier alpha value is -12.3. The van der Waals surface area contributed by atoms with Crippen molar-refractivity contribution in [2.75, 3.05) is 0 Å². The Morgan fingerprint density at radius 3 is 0.806 bits per heavy atom. The van der Waals surface area contributed by atoms with E-state index >= 15 is 0 Å². The van der Waals surface area contributed by atoms with Gasteiger partial charge in [0.2, 0.25) is 20.1 Å². The van der Waals surface area contributed by atoms with E-state index in [0.29, 0.717) is 0 Å². The molecule has 0 bridgehead atoms.